The van der Waals surface area contributed by atoms with Crippen molar-refractivity contribution in [1.82, 2.24) is 0 Å². The van der Waals surface area contributed by atoms with Crippen LogP contribution in [0.4, 0.5) is 13.2 Å². The molecule has 2 nitrogen and oxygen atoms in total. The highest BCUT2D eigenvalue weighted by Crippen LogP contribution is 2.45. The van der Waals surface area contributed by atoms with E-state index in [-0.39, 0.29) is 12.1 Å². The van der Waals surface area contributed by atoms with Gasteiger partial charge in [0.2, 0.25) is 0 Å². The molecule has 96 valence electrons. The molecule has 0 saturated heterocycles. The Bertz CT molecular complexity index is 368. The molecule has 0 fully saturated rings. The van der Waals surface area contributed by atoms with Crippen molar-refractivity contribution in [3.8, 4) is 0 Å². The van der Waals surface area contributed by atoms with E-state index >= 15 is 0 Å². The predicted molar refractivity (Wildman–Crippen MR) is 60.1 cm³/mol. The molecule has 0 amide bonds. The quantitative estimate of drug-likeness (QED) is 0.455. The molecular formula is C12H16F3NO. The Kier molecular flexibility index (Phi) is 4.01. The molecule has 1 aliphatic rings. The summed E-state index contributed by atoms with van der Waals surface area (Å²) < 4.78 is 38.8. The lowest BCUT2D eigenvalue weighted by Gasteiger charge is -2.34. The Balaban J connectivity index is 3.18. The topological polar surface area (TPSA) is 32.6 Å². The Morgan fingerprint density at radius 2 is 2.18 bits per heavy atom. The predicted octanol–water partition coefficient (Wildman–Crippen LogP) is 4.07. The van der Waals surface area contributed by atoms with Crippen molar-refractivity contribution in [2.24, 2.45) is 10.6 Å². The molecule has 1 rings (SSSR count). The van der Waals surface area contributed by atoms with E-state index < -0.39 is 17.2 Å². The van der Waals surface area contributed by atoms with Gasteiger partial charge < -0.3 is 5.21 Å². The molecule has 5 heteroatoms. The molecule has 1 aliphatic carbocycles. The van der Waals surface area contributed by atoms with E-state index in [4.69, 9.17) is 5.21 Å². The smallest absolute Gasteiger partial charge is 0.411 e. The van der Waals surface area contributed by atoms with Crippen LogP contribution >= 0.6 is 0 Å². The average Bonchev–Trinajstić information content (AvgIpc) is 2.24. The molecule has 0 aromatic heterocycles. The summed E-state index contributed by atoms with van der Waals surface area (Å²) in [5.74, 6) is 0. The normalized spacial score (nSPS) is 25.9. The van der Waals surface area contributed by atoms with Gasteiger partial charge in [-0.1, -0.05) is 36.7 Å². The first-order valence-corrected chi connectivity index (χ1v) is 5.52. The van der Waals surface area contributed by atoms with Crippen LogP contribution in [0.15, 0.2) is 29.0 Å². The molecule has 17 heavy (non-hydrogen) atoms. The zero-order valence-corrected chi connectivity index (χ0v) is 9.88. The van der Waals surface area contributed by atoms with Crippen molar-refractivity contribution in [1.29, 1.82) is 0 Å². The Morgan fingerprint density at radius 3 is 2.65 bits per heavy atom. The largest absolute Gasteiger partial charge is 0.413 e. The van der Waals surface area contributed by atoms with Gasteiger partial charge in [-0.3, -0.25) is 0 Å². The summed E-state index contributed by atoms with van der Waals surface area (Å²) >= 11 is 0. The van der Waals surface area contributed by atoms with E-state index in [0.29, 0.717) is 12.8 Å². The zero-order chi connectivity index (χ0) is 13.1. The van der Waals surface area contributed by atoms with Crippen LogP contribution in [0.1, 0.15) is 33.1 Å². The van der Waals surface area contributed by atoms with Crippen LogP contribution in [0.2, 0.25) is 0 Å². The zero-order valence-electron chi connectivity index (χ0n) is 9.88. The summed E-state index contributed by atoms with van der Waals surface area (Å²) in [6.07, 6.45) is 0.922. The molecule has 1 N–H and O–H groups in total. The van der Waals surface area contributed by atoms with Crippen molar-refractivity contribution < 1.29 is 18.4 Å². The van der Waals surface area contributed by atoms with Gasteiger partial charge in [-0.15, -0.1) is 0 Å². The molecule has 0 saturated carbocycles. The maximum Gasteiger partial charge on any atom is 0.413 e. The molecule has 1 atom stereocenters. The van der Waals surface area contributed by atoms with Crippen LogP contribution in [-0.2, 0) is 0 Å². The maximum atomic E-state index is 12.9. The molecular weight excluding hydrogens is 231 g/mol. The van der Waals surface area contributed by atoms with E-state index in [9.17, 15) is 13.2 Å². The minimum absolute atomic E-state index is 0.188. The van der Waals surface area contributed by atoms with Crippen LogP contribution in [0, 0.1) is 5.41 Å². The molecule has 0 heterocycles. The Labute approximate surface area is 98.5 Å². The fourth-order valence-corrected chi connectivity index (χ4v) is 2.12. The van der Waals surface area contributed by atoms with Crippen LogP contribution < -0.4 is 0 Å². The monoisotopic (exact) mass is 247 g/mol. The highest BCUT2D eigenvalue weighted by molar-refractivity contribution is 5.93. The first-order chi connectivity index (χ1) is 7.86. The second-order valence-corrected chi connectivity index (χ2v) is 4.34. The number of rotatable bonds is 3. The summed E-state index contributed by atoms with van der Waals surface area (Å²) in [5, 5.41) is 12.0. The van der Waals surface area contributed by atoms with Crippen molar-refractivity contribution in [2.75, 3.05) is 0 Å². The third-order valence-corrected chi connectivity index (χ3v) is 3.07. The average molecular weight is 247 g/mol. The van der Waals surface area contributed by atoms with Gasteiger partial charge in [-0.25, -0.2) is 0 Å². The number of oxime groups is 1. The number of hydrogen-bond donors (Lipinski definition) is 1. The second kappa shape index (κ2) is 4.94. The van der Waals surface area contributed by atoms with E-state index in [1.807, 2.05) is 6.92 Å². The molecule has 0 radical (unpaired) electrons. The third kappa shape index (κ3) is 2.70. The van der Waals surface area contributed by atoms with Gasteiger partial charge in [-0.05, 0) is 19.8 Å². The number of hydrogen-bond acceptors (Lipinski definition) is 2. The minimum Gasteiger partial charge on any atom is -0.411 e. The summed E-state index contributed by atoms with van der Waals surface area (Å²) in [6.45, 7) is 3.31. The highest BCUT2D eigenvalue weighted by Gasteiger charge is 2.48. The summed E-state index contributed by atoms with van der Waals surface area (Å²) in [4.78, 5) is 0. The lowest BCUT2D eigenvalue weighted by molar-refractivity contribution is -0.102. The number of nitrogens with zero attached hydrogens (tertiary/aromatic N) is 1. The number of halogens is 3. The number of allylic oxidation sites excluding steroid dienone is 4. The maximum absolute atomic E-state index is 12.9. The second-order valence-electron chi connectivity index (χ2n) is 4.34. The first kappa shape index (κ1) is 13.8. The Morgan fingerprint density at radius 1 is 1.53 bits per heavy atom. The van der Waals surface area contributed by atoms with E-state index in [0.717, 1.165) is 6.08 Å². The van der Waals surface area contributed by atoms with Gasteiger partial charge in [0.05, 0.1) is 5.71 Å². The molecule has 0 aliphatic heterocycles. The summed E-state index contributed by atoms with van der Waals surface area (Å²) in [6, 6.07) is 0. The molecule has 0 bridgehead atoms. The van der Waals surface area contributed by atoms with E-state index in [2.05, 4.69) is 5.16 Å². The van der Waals surface area contributed by atoms with E-state index in [1.165, 1.54) is 13.0 Å². The first-order valence-electron chi connectivity index (χ1n) is 5.52. The van der Waals surface area contributed by atoms with Crippen LogP contribution in [0.25, 0.3) is 0 Å². The lowest BCUT2D eigenvalue weighted by Crippen LogP contribution is -2.37. The molecule has 0 spiro atoms. The van der Waals surface area contributed by atoms with Crippen molar-refractivity contribution >= 4 is 5.71 Å². The van der Waals surface area contributed by atoms with Gasteiger partial charge in [0, 0.05) is 11.0 Å². The van der Waals surface area contributed by atoms with Gasteiger partial charge in [0.25, 0.3) is 0 Å². The summed E-state index contributed by atoms with van der Waals surface area (Å²) in [5.41, 5.74) is -1.71. The van der Waals surface area contributed by atoms with Gasteiger partial charge in [0.1, 0.15) is 0 Å². The SMILES string of the molecule is CCC/C(=N/O)[C@@]1(C)CC=CC=C1C(F)(F)F. The highest BCUT2D eigenvalue weighted by atomic mass is 19.4. The summed E-state index contributed by atoms with van der Waals surface area (Å²) in [7, 11) is 0. The third-order valence-electron chi connectivity index (χ3n) is 3.07. The Hall–Kier alpha value is -1.26. The number of alkyl halides is 3. The van der Waals surface area contributed by atoms with Gasteiger partial charge in [-0.2, -0.15) is 13.2 Å². The fraction of sp³-hybridized carbons (Fsp3) is 0.583. The van der Waals surface area contributed by atoms with E-state index in [1.54, 1.807) is 6.08 Å². The van der Waals surface area contributed by atoms with Gasteiger partial charge in [0.15, 0.2) is 0 Å². The standard InChI is InChI=1S/C12H16F3NO/c1-3-6-10(16-17)11(2)8-5-4-7-9(11)12(13,14)15/h4-5,7,17H,3,6,8H2,1-2H3/b16-10-/t11-/m0/s1. The molecule has 0 aromatic rings. The minimum atomic E-state index is -4.40. The van der Waals surface area contributed by atoms with Gasteiger partial charge >= 0.3 is 6.18 Å². The van der Waals surface area contributed by atoms with Crippen LogP contribution in [-0.4, -0.2) is 17.1 Å². The van der Waals surface area contributed by atoms with Crippen molar-refractivity contribution in [3.05, 3.63) is 23.8 Å². The van der Waals surface area contributed by atoms with Crippen molar-refractivity contribution in [2.45, 2.75) is 39.3 Å². The lowest BCUT2D eigenvalue weighted by atomic mass is 9.71. The molecule has 0 unspecified atom stereocenters. The van der Waals surface area contributed by atoms with Crippen LogP contribution in [0.3, 0.4) is 0 Å². The fourth-order valence-electron chi connectivity index (χ4n) is 2.12. The van der Waals surface area contributed by atoms with Crippen molar-refractivity contribution in [3.63, 3.8) is 0 Å². The van der Waals surface area contributed by atoms with Crippen LogP contribution in [0.5, 0.6) is 0 Å². The molecule has 0 aromatic carbocycles.